The Hall–Kier alpha value is -3.14. The van der Waals surface area contributed by atoms with Gasteiger partial charge in [0.15, 0.2) is 0 Å². The number of hydrogen-bond donors (Lipinski definition) is 2. The summed E-state index contributed by atoms with van der Waals surface area (Å²) in [5, 5.41) is 25.5. The zero-order valence-corrected chi connectivity index (χ0v) is 15.7. The highest BCUT2D eigenvalue weighted by molar-refractivity contribution is 7.85. The van der Waals surface area contributed by atoms with Crippen LogP contribution in [0.25, 0.3) is 0 Å². The van der Waals surface area contributed by atoms with Crippen LogP contribution in [0.3, 0.4) is 0 Å². The van der Waals surface area contributed by atoms with Gasteiger partial charge in [-0.05, 0) is 66.7 Å². The maximum Gasteiger partial charge on any atom is 0.294 e. The second-order valence-electron chi connectivity index (χ2n) is 5.52. The molecule has 3 rings (SSSR count). The summed E-state index contributed by atoms with van der Waals surface area (Å²) >= 11 is 5.97. The molecule has 0 spiro atoms. The van der Waals surface area contributed by atoms with E-state index in [-0.39, 0.29) is 21.4 Å². The third kappa shape index (κ3) is 5.19. The lowest BCUT2D eigenvalue weighted by molar-refractivity contribution is 0.475. The molecule has 28 heavy (non-hydrogen) atoms. The van der Waals surface area contributed by atoms with Crippen LogP contribution in [0.15, 0.2) is 92.1 Å². The van der Waals surface area contributed by atoms with E-state index in [9.17, 15) is 13.5 Å². The van der Waals surface area contributed by atoms with Crippen molar-refractivity contribution < 1.29 is 18.1 Å². The Morgan fingerprint density at radius 1 is 0.714 bits per heavy atom. The molecule has 2 N–H and O–H groups in total. The fourth-order valence-electron chi connectivity index (χ4n) is 2.06. The van der Waals surface area contributed by atoms with E-state index in [1.54, 1.807) is 36.4 Å². The third-order valence-electron chi connectivity index (χ3n) is 3.47. The van der Waals surface area contributed by atoms with Crippen LogP contribution in [-0.2, 0) is 10.1 Å². The molecule has 0 aliphatic carbocycles. The molecule has 0 unspecified atom stereocenters. The predicted molar refractivity (Wildman–Crippen MR) is 104 cm³/mol. The van der Waals surface area contributed by atoms with Crippen molar-refractivity contribution in [3.05, 3.63) is 71.8 Å². The van der Waals surface area contributed by atoms with Gasteiger partial charge in [0.25, 0.3) is 10.1 Å². The SMILES string of the molecule is O=S(=O)(O)c1ccc(Cl)c(N=Nc2ccc(N=Nc3ccc(O)cc3)cc2)c1. The lowest BCUT2D eigenvalue weighted by Gasteiger charge is -2.01. The summed E-state index contributed by atoms with van der Waals surface area (Å²) in [5.41, 5.74) is 1.76. The molecule has 0 saturated carbocycles. The molecule has 0 amide bonds. The van der Waals surface area contributed by atoms with E-state index in [0.717, 1.165) is 6.07 Å². The molecule has 0 fully saturated rings. The van der Waals surface area contributed by atoms with Crippen molar-refractivity contribution in [3.8, 4) is 5.75 Å². The van der Waals surface area contributed by atoms with Crippen LogP contribution in [0, 0.1) is 0 Å². The fraction of sp³-hybridized carbons (Fsp3) is 0. The maximum absolute atomic E-state index is 11.2. The lowest BCUT2D eigenvalue weighted by Crippen LogP contribution is -1.97. The molecule has 0 atom stereocenters. The monoisotopic (exact) mass is 416 g/mol. The third-order valence-corrected chi connectivity index (χ3v) is 4.64. The largest absolute Gasteiger partial charge is 0.508 e. The van der Waals surface area contributed by atoms with E-state index in [1.165, 1.54) is 24.3 Å². The van der Waals surface area contributed by atoms with Crippen molar-refractivity contribution in [1.29, 1.82) is 0 Å². The molecular weight excluding hydrogens is 404 g/mol. The Balaban J connectivity index is 1.75. The molecule has 0 aliphatic rings. The zero-order chi connectivity index (χ0) is 20.1. The summed E-state index contributed by atoms with van der Waals surface area (Å²) in [5.74, 6) is 0.149. The van der Waals surface area contributed by atoms with Gasteiger partial charge in [-0.3, -0.25) is 4.55 Å². The predicted octanol–water partition coefficient (Wildman–Crippen LogP) is 6.12. The summed E-state index contributed by atoms with van der Waals surface area (Å²) in [4.78, 5) is -0.323. The van der Waals surface area contributed by atoms with E-state index < -0.39 is 10.1 Å². The number of rotatable bonds is 5. The molecule has 0 bridgehead atoms. The van der Waals surface area contributed by atoms with Crippen LogP contribution in [0.1, 0.15) is 0 Å². The molecule has 0 heterocycles. The summed E-state index contributed by atoms with van der Waals surface area (Å²) in [6.07, 6.45) is 0. The van der Waals surface area contributed by atoms with Crippen LogP contribution in [-0.4, -0.2) is 18.1 Å². The number of nitrogens with zero attached hydrogens (tertiary/aromatic N) is 4. The van der Waals surface area contributed by atoms with Crippen LogP contribution in [0.5, 0.6) is 5.75 Å². The molecule has 3 aromatic carbocycles. The Morgan fingerprint density at radius 2 is 1.18 bits per heavy atom. The van der Waals surface area contributed by atoms with Crippen molar-refractivity contribution in [2.45, 2.75) is 4.90 Å². The van der Waals surface area contributed by atoms with Crippen molar-refractivity contribution in [2.24, 2.45) is 20.5 Å². The van der Waals surface area contributed by atoms with E-state index in [2.05, 4.69) is 20.5 Å². The molecule has 0 aliphatic heterocycles. The number of phenols is 1. The van der Waals surface area contributed by atoms with Gasteiger partial charge in [0.1, 0.15) is 11.4 Å². The van der Waals surface area contributed by atoms with E-state index in [1.807, 2.05) is 0 Å². The summed E-state index contributed by atoms with van der Waals surface area (Å²) in [6, 6.07) is 16.5. The normalized spacial score (nSPS) is 12.1. The topological polar surface area (TPSA) is 124 Å². The molecule has 8 nitrogen and oxygen atoms in total. The van der Waals surface area contributed by atoms with Gasteiger partial charge in [-0.2, -0.15) is 23.8 Å². The van der Waals surface area contributed by atoms with E-state index in [4.69, 9.17) is 16.2 Å². The van der Waals surface area contributed by atoms with Crippen molar-refractivity contribution in [2.75, 3.05) is 0 Å². The number of aromatic hydroxyl groups is 1. The van der Waals surface area contributed by atoms with Crippen molar-refractivity contribution >= 4 is 44.5 Å². The Labute approximate surface area is 165 Å². The van der Waals surface area contributed by atoms with Crippen LogP contribution in [0.4, 0.5) is 22.7 Å². The maximum atomic E-state index is 11.2. The molecular formula is C18H13ClN4O4S. The van der Waals surface area contributed by atoms with Gasteiger partial charge >= 0.3 is 0 Å². The van der Waals surface area contributed by atoms with Crippen LogP contribution < -0.4 is 0 Å². The highest BCUT2D eigenvalue weighted by Crippen LogP contribution is 2.30. The first-order valence-electron chi connectivity index (χ1n) is 7.81. The second kappa shape index (κ2) is 8.26. The standard InChI is InChI=1S/C18H13ClN4O4S/c19-17-10-9-16(28(25,26)27)11-18(17)23-22-13-3-1-12(2-4-13)20-21-14-5-7-15(24)8-6-14/h1-11,24H,(H,25,26,27). The highest BCUT2D eigenvalue weighted by Gasteiger charge is 2.12. The number of azo groups is 2. The van der Waals surface area contributed by atoms with Crippen molar-refractivity contribution in [1.82, 2.24) is 0 Å². The molecule has 0 saturated heterocycles. The molecule has 3 aromatic rings. The summed E-state index contributed by atoms with van der Waals surface area (Å²) in [6.45, 7) is 0. The number of halogens is 1. The first kappa shape index (κ1) is 19.6. The highest BCUT2D eigenvalue weighted by atomic mass is 35.5. The Bertz CT molecular complexity index is 1150. The first-order valence-corrected chi connectivity index (χ1v) is 9.63. The number of benzene rings is 3. The van der Waals surface area contributed by atoms with Gasteiger partial charge in [0.2, 0.25) is 0 Å². The molecule has 0 radical (unpaired) electrons. The number of hydrogen-bond acceptors (Lipinski definition) is 7. The Morgan fingerprint density at radius 3 is 1.68 bits per heavy atom. The quantitative estimate of drug-likeness (QED) is 0.383. The number of phenolic OH excluding ortho intramolecular Hbond substituents is 1. The van der Waals surface area contributed by atoms with Gasteiger partial charge in [0.05, 0.1) is 27.0 Å². The van der Waals surface area contributed by atoms with Crippen LogP contribution >= 0.6 is 11.6 Å². The average Bonchev–Trinajstić information content (AvgIpc) is 2.67. The Kier molecular flexibility index (Phi) is 5.78. The fourth-order valence-corrected chi connectivity index (χ4v) is 2.72. The smallest absolute Gasteiger partial charge is 0.294 e. The minimum atomic E-state index is -4.36. The van der Waals surface area contributed by atoms with Gasteiger partial charge in [0, 0.05) is 0 Å². The van der Waals surface area contributed by atoms with Crippen LogP contribution in [0.2, 0.25) is 5.02 Å². The van der Waals surface area contributed by atoms with Gasteiger partial charge in [-0.15, -0.1) is 5.11 Å². The van der Waals surface area contributed by atoms with Gasteiger partial charge < -0.3 is 5.11 Å². The van der Waals surface area contributed by atoms with E-state index >= 15 is 0 Å². The first-order chi connectivity index (χ1) is 13.3. The second-order valence-corrected chi connectivity index (χ2v) is 7.35. The zero-order valence-electron chi connectivity index (χ0n) is 14.1. The minimum Gasteiger partial charge on any atom is -0.508 e. The molecule has 142 valence electrons. The lowest BCUT2D eigenvalue weighted by atomic mass is 10.3. The van der Waals surface area contributed by atoms with E-state index in [0.29, 0.717) is 17.1 Å². The molecule has 0 aromatic heterocycles. The summed E-state index contributed by atoms with van der Waals surface area (Å²) in [7, 11) is -4.36. The minimum absolute atomic E-state index is 0.105. The van der Waals surface area contributed by atoms with Gasteiger partial charge in [-0.1, -0.05) is 11.6 Å². The summed E-state index contributed by atoms with van der Waals surface area (Å²) < 4.78 is 31.5. The molecule has 10 heteroatoms. The van der Waals surface area contributed by atoms with Crippen molar-refractivity contribution in [3.63, 3.8) is 0 Å². The average molecular weight is 417 g/mol. The van der Waals surface area contributed by atoms with Gasteiger partial charge in [-0.25, -0.2) is 0 Å².